The van der Waals surface area contributed by atoms with Crippen LogP contribution >= 0.6 is 0 Å². The van der Waals surface area contributed by atoms with Crippen LogP contribution in [0.15, 0.2) is 0 Å². The minimum atomic E-state index is -0.376. The summed E-state index contributed by atoms with van der Waals surface area (Å²) in [6, 6.07) is -0.0419. The van der Waals surface area contributed by atoms with Crippen LogP contribution in [0, 0.1) is 0 Å². The molecule has 7 heteroatoms. The van der Waals surface area contributed by atoms with E-state index >= 15 is 0 Å². The van der Waals surface area contributed by atoms with Gasteiger partial charge in [0.2, 0.25) is 11.9 Å². The van der Waals surface area contributed by atoms with Gasteiger partial charge in [0.25, 0.3) is 0 Å². The highest BCUT2D eigenvalue weighted by Crippen LogP contribution is 2.29. The molecule has 0 spiro atoms. The first-order chi connectivity index (χ1) is 9.75. The van der Waals surface area contributed by atoms with Gasteiger partial charge in [-0.15, -0.1) is 5.10 Å². The molecule has 0 amide bonds. The molecule has 7 nitrogen and oxygen atoms in total. The summed E-state index contributed by atoms with van der Waals surface area (Å²) in [5, 5.41) is 14.8. The Labute approximate surface area is 118 Å². The van der Waals surface area contributed by atoms with Crippen LogP contribution in [-0.4, -0.2) is 52.3 Å². The number of ether oxygens (including phenoxy) is 1. The number of hydrogen-bond donors (Lipinski definition) is 2. The van der Waals surface area contributed by atoms with E-state index in [2.05, 4.69) is 15.0 Å². The lowest BCUT2D eigenvalue weighted by atomic mass is 10.1. The van der Waals surface area contributed by atoms with Crippen molar-refractivity contribution >= 4 is 11.9 Å². The molecule has 3 rings (SSSR count). The Kier molecular flexibility index (Phi) is 4.07. The lowest BCUT2D eigenvalue weighted by molar-refractivity contribution is 0.0998. The standard InChI is InChI=1S/C13H23N5O2/c14-12-15-13(17-6-8-20-9-7-17)16-18(12)10-4-2-1-3-5-11(10)19/h10-11,19H,1-9H2,(H2,14,15,16). The van der Waals surface area contributed by atoms with Crippen LogP contribution in [0.4, 0.5) is 11.9 Å². The molecule has 2 aliphatic rings. The Morgan fingerprint density at radius 3 is 2.70 bits per heavy atom. The van der Waals surface area contributed by atoms with E-state index in [1.807, 2.05) is 0 Å². The monoisotopic (exact) mass is 281 g/mol. The molecule has 1 aromatic heterocycles. The third-order valence-electron chi connectivity index (χ3n) is 4.20. The minimum absolute atomic E-state index is 0.0419. The third kappa shape index (κ3) is 2.73. The second-order valence-corrected chi connectivity index (χ2v) is 5.59. The summed E-state index contributed by atoms with van der Waals surface area (Å²) in [7, 11) is 0. The van der Waals surface area contributed by atoms with E-state index < -0.39 is 0 Å². The van der Waals surface area contributed by atoms with Crippen molar-refractivity contribution in [1.29, 1.82) is 0 Å². The number of aliphatic hydroxyl groups excluding tert-OH is 1. The summed E-state index contributed by atoms with van der Waals surface area (Å²) in [4.78, 5) is 6.45. The molecule has 1 aliphatic heterocycles. The van der Waals surface area contributed by atoms with Gasteiger partial charge in [0.1, 0.15) is 0 Å². The molecule has 20 heavy (non-hydrogen) atoms. The first kappa shape index (κ1) is 13.6. The summed E-state index contributed by atoms with van der Waals surface area (Å²) in [5.74, 6) is 1.06. The number of nitrogens with two attached hydrogens (primary N) is 1. The number of morpholine rings is 1. The number of rotatable bonds is 2. The van der Waals surface area contributed by atoms with E-state index in [-0.39, 0.29) is 12.1 Å². The molecule has 1 saturated carbocycles. The second-order valence-electron chi connectivity index (χ2n) is 5.59. The third-order valence-corrected chi connectivity index (χ3v) is 4.20. The molecular weight excluding hydrogens is 258 g/mol. The van der Waals surface area contributed by atoms with Crippen molar-refractivity contribution < 1.29 is 9.84 Å². The zero-order chi connectivity index (χ0) is 13.9. The maximum atomic E-state index is 10.3. The molecule has 0 aromatic carbocycles. The topological polar surface area (TPSA) is 89.4 Å². The number of aliphatic hydroxyl groups is 1. The molecule has 2 unspecified atom stereocenters. The van der Waals surface area contributed by atoms with Crippen molar-refractivity contribution in [2.75, 3.05) is 36.9 Å². The van der Waals surface area contributed by atoms with Crippen LogP contribution in [-0.2, 0) is 4.74 Å². The number of nitrogens with zero attached hydrogens (tertiary/aromatic N) is 4. The van der Waals surface area contributed by atoms with E-state index in [1.54, 1.807) is 4.68 Å². The van der Waals surface area contributed by atoms with Crippen molar-refractivity contribution in [3.8, 4) is 0 Å². The molecule has 3 N–H and O–H groups in total. The zero-order valence-corrected chi connectivity index (χ0v) is 11.7. The smallest absolute Gasteiger partial charge is 0.246 e. The zero-order valence-electron chi connectivity index (χ0n) is 11.7. The largest absolute Gasteiger partial charge is 0.391 e. The van der Waals surface area contributed by atoms with Gasteiger partial charge in [0, 0.05) is 13.1 Å². The number of anilines is 2. The maximum absolute atomic E-state index is 10.3. The number of hydrogen-bond acceptors (Lipinski definition) is 6. The molecule has 0 bridgehead atoms. The fraction of sp³-hybridized carbons (Fsp3) is 0.846. The fourth-order valence-corrected chi connectivity index (χ4v) is 3.02. The van der Waals surface area contributed by atoms with Crippen molar-refractivity contribution in [3.05, 3.63) is 0 Å². The Morgan fingerprint density at radius 2 is 1.90 bits per heavy atom. The van der Waals surface area contributed by atoms with Gasteiger partial charge in [-0.05, 0) is 12.8 Å². The van der Waals surface area contributed by atoms with E-state index in [9.17, 15) is 5.11 Å². The van der Waals surface area contributed by atoms with Crippen LogP contribution in [0.5, 0.6) is 0 Å². The lowest BCUT2D eigenvalue weighted by Crippen LogP contribution is -2.37. The lowest BCUT2D eigenvalue weighted by Gasteiger charge is -2.25. The normalized spacial score (nSPS) is 28.4. The highest BCUT2D eigenvalue weighted by molar-refractivity contribution is 5.35. The van der Waals surface area contributed by atoms with Crippen LogP contribution < -0.4 is 10.6 Å². The van der Waals surface area contributed by atoms with Gasteiger partial charge in [-0.1, -0.05) is 19.3 Å². The summed E-state index contributed by atoms with van der Waals surface area (Å²) >= 11 is 0. The Morgan fingerprint density at radius 1 is 1.15 bits per heavy atom. The molecule has 2 fully saturated rings. The van der Waals surface area contributed by atoms with E-state index in [4.69, 9.17) is 10.5 Å². The number of aromatic nitrogens is 3. The molecule has 0 radical (unpaired) electrons. The van der Waals surface area contributed by atoms with Crippen molar-refractivity contribution in [2.24, 2.45) is 0 Å². The fourth-order valence-electron chi connectivity index (χ4n) is 3.02. The molecule has 112 valence electrons. The summed E-state index contributed by atoms with van der Waals surface area (Å²) < 4.78 is 7.06. The summed E-state index contributed by atoms with van der Waals surface area (Å²) in [6.45, 7) is 2.97. The molecule has 1 saturated heterocycles. The van der Waals surface area contributed by atoms with E-state index in [0.717, 1.165) is 38.8 Å². The molecule has 1 aliphatic carbocycles. The van der Waals surface area contributed by atoms with Crippen LogP contribution in [0.1, 0.15) is 38.1 Å². The van der Waals surface area contributed by atoms with Gasteiger partial charge in [-0.3, -0.25) is 0 Å². The van der Waals surface area contributed by atoms with Gasteiger partial charge in [0.05, 0.1) is 25.4 Å². The summed E-state index contributed by atoms with van der Waals surface area (Å²) in [6.07, 6.45) is 4.70. The average Bonchev–Trinajstić information content (AvgIpc) is 2.72. The van der Waals surface area contributed by atoms with Crippen molar-refractivity contribution in [1.82, 2.24) is 14.8 Å². The average molecular weight is 281 g/mol. The first-order valence-electron chi connectivity index (χ1n) is 7.48. The van der Waals surface area contributed by atoms with Crippen molar-refractivity contribution in [3.63, 3.8) is 0 Å². The highest BCUT2D eigenvalue weighted by atomic mass is 16.5. The quantitative estimate of drug-likeness (QED) is 0.770. The van der Waals surface area contributed by atoms with Gasteiger partial charge in [-0.25, -0.2) is 4.68 Å². The number of nitrogen functional groups attached to an aromatic ring is 1. The van der Waals surface area contributed by atoms with E-state index in [1.165, 1.54) is 6.42 Å². The second kappa shape index (κ2) is 5.97. The SMILES string of the molecule is Nc1nc(N2CCOCC2)nn1C1CCCCCC1O. The predicted octanol–water partition coefficient (Wildman–Crippen LogP) is 0.563. The Balaban J connectivity index is 1.80. The molecule has 1 aromatic rings. The van der Waals surface area contributed by atoms with Gasteiger partial charge >= 0.3 is 0 Å². The van der Waals surface area contributed by atoms with Crippen LogP contribution in [0.25, 0.3) is 0 Å². The van der Waals surface area contributed by atoms with Crippen LogP contribution in [0.2, 0.25) is 0 Å². The Bertz CT molecular complexity index is 444. The van der Waals surface area contributed by atoms with Crippen molar-refractivity contribution in [2.45, 2.75) is 44.2 Å². The molecule has 2 heterocycles. The first-order valence-corrected chi connectivity index (χ1v) is 7.48. The molecular formula is C13H23N5O2. The van der Waals surface area contributed by atoms with Crippen LogP contribution in [0.3, 0.4) is 0 Å². The predicted molar refractivity (Wildman–Crippen MR) is 75.6 cm³/mol. The highest BCUT2D eigenvalue weighted by Gasteiger charge is 2.27. The van der Waals surface area contributed by atoms with Gasteiger partial charge < -0.3 is 20.5 Å². The Hall–Kier alpha value is -1.34. The minimum Gasteiger partial charge on any atom is -0.391 e. The van der Waals surface area contributed by atoms with E-state index in [0.29, 0.717) is 25.1 Å². The maximum Gasteiger partial charge on any atom is 0.246 e. The van der Waals surface area contributed by atoms with Gasteiger partial charge in [-0.2, -0.15) is 4.98 Å². The molecule has 2 atom stereocenters. The van der Waals surface area contributed by atoms with Gasteiger partial charge in [0.15, 0.2) is 0 Å². The summed E-state index contributed by atoms with van der Waals surface area (Å²) in [5.41, 5.74) is 6.01.